The molecule has 2 aromatic heterocycles. The molecule has 0 saturated heterocycles. The first-order valence-electron chi connectivity index (χ1n) is 11.9. The van der Waals surface area contributed by atoms with Crippen LogP contribution in [-0.4, -0.2) is 21.1 Å². The first-order valence-corrected chi connectivity index (χ1v) is 11.9. The van der Waals surface area contributed by atoms with Gasteiger partial charge in [-0.05, 0) is 43.0 Å². The topological polar surface area (TPSA) is 39.9 Å². The van der Waals surface area contributed by atoms with Crippen LogP contribution in [-0.2, 0) is 20.1 Å². The van der Waals surface area contributed by atoms with Gasteiger partial charge in [0.25, 0.3) is 0 Å². The molecule has 2 aromatic carbocycles. The molecule has 0 bridgehead atoms. The quantitative estimate of drug-likeness (QED) is 0.173. The molecule has 0 fully saturated rings. The van der Waals surface area contributed by atoms with Crippen LogP contribution in [0.2, 0.25) is 0 Å². The van der Waals surface area contributed by atoms with E-state index in [1.807, 2.05) is 49.6 Å². The van der Waals surface area contributed by atoms with Crippen LogP contribution in [0, 0.1) is 18.9 Å². The van der Waals surface area contributed by atoms with Gasteiger partial charge < -0.3 is 9.30 Å². The van der Waals surface area contributed by atoms with E-state index in [1.165, 1.54) is 19.3 Å². The summed E-state index contributed by atoms with van der Waals surface area (Å²) in [7, 11) is 0. The zero-order chi connectivity index (χ0) is 23.0. The van der Waals surface area contributed by atoms with Crippen molar-refractivity contribution in [2.45, 2.75) is 46.5 Å². The number of aromatic nitrogens is 3. The van der Waals surface area contributed by atoms with Crippen LogP contribution in [0.1, 0.15) is 45.2 Å². The second-order valence-corrected chi connectivity index (χ2v) is 8.45. The van der Waals surface area contributed by atoms with Gasteiger partial charge in [0.05, 0.1) is 12.4 Å². The van der Waals surface area contributed by atoms with Crippen LogP contribution >= 0.6 is 0 Å². The van der Waals surface area contributed by atoms with Gasteiger partial charge in [0, 0.05) is 55.5 Å². The molecule has 1 radical (unpaired) electrons. The van der Waals surface area contributed by atoms with E-state index < -0.39 is 0 Å². The van der Waals surface area contributed by atoms with E-state index in [-0.39, 0.29) is 20.1 Å². The standard InChI is InChI=1S/C29H32N3O.Ir/c1-4-6-10-23(5-2)21-33-28-18-17-27(22(3)31-28)24-13-15-26(16-14-24)32-20-19-30-29(32)25-11-8-7-9-12-25;/h7-9,11,13-20,23H,4-6,10,21H2,1-3H3;/q-1;. The van der Waals surface area contributed by atoms with Gasteiger partial charge in [-0.25, -0.2) is 4.98 Å². The predicted molar refractivity (Wildman–Crippen MR) is 135 cm³/mol. The summed E-state index contributed by atoms with van der Waals surface area (Å²) in [5.41, 5.74) is 5.27. The summed E-state index contributed by atoms with van der Waals surface area (Å²) in [4.78, 5) is 9.25. The van der Waals surface area contributed by atoms with E-state index in [0.29, 0.717) is 11.8 Å². The summed E-state index contributed by atoms with van der Waals surface area (Å²) >= 11 is 0. The molecule has 0 saturated carbocycles. The fraction of sp³-hybridized carbons (Fsp3) is 0.310. The fourth-order valence-electron chi connectivity index (χ4n) is 4.07. The maximum Gasteiger partial charge on any atom is 0.213 e. The van der Waals surface area contributed by atoms with Crippen molar-refractivity contribution in [1.29, 1.82) is 0 Å². The molecule has 1 atom stereocenters. The molecule has 179 valence electrons. The molecule has 0 aliphatic carbocycles. The third-order valence-electron chi connectivity index (χ3n) is 6.12. The maximum absolute atomic E-state index is 6.03. The number of aryl methyl sites for hydroxylation is 1. The molecule has 2 heterocycles. The molecular weight excluding hydrogens is 599 g/mol. The Labute approximate surface area is 216 Å². The molecular formula is C29H32IrN3O-. The van der Waals surface area contributed by atoms with Gasteiger partial charge in [0.15, 0.2) is 0 Å². The van der Waals surface area contributed by atoms with Crippen LogP contribution in [0.3, 0.4) is 0 Å². The van der Waals surface area contributed by atoms with E-state index in [4.69, 9.17) is 9.72 Å². The number of hydrogen-bond donors (Lipinski definition) is 0. The summed E-state index contributed by atoms with van der Waals surface area (Å²) < 4.78 is 8.11. The summed E-state index contributed by atoms with van der Waals surface area (Å²) in [5.74, 6) is 2.19. The summed E-state index contributed by atoms with van der Waals surface area (Å²) in [6, 6.07) is 23.8. The zero-order valence-corrected chi connectivity index (χ0v) is 22.5. The number of imidazole rings is 1. The minimum absolute atomic E-state index is 0. The number of hydrogen-bond acceptors (Lipinski definition) is 3. The summed E-state index contributed by atoms with van der Waals surface area (Å²) in [6.07, 6.45) is 8.65. The largest absolute Gasteiger partial charge is 0.477 e. The molecule has 0 aliphatic rings. The Kier molecular flexibility index (Phi) is 9.62. The molecule has 4 aromatic rings. The van der Waals surface area contributed by atoms with Crippen molar-refractivity contribution in [3.8, 4) is 34.1 Å². The zero-order valence-electron chi connectivity index (χ0n) is 20.1. The second kappa shape index (κ2) is 12.6. The van der Waals surface area contributed by atoms with Crippen molar-refractivity contribution in [1.82, 2.24) is 14.5 Å². The molecule has 0 aliphatic heterocycles. The molecule has 34 heavy (non-hydrogen) atoms. The van der Waals surface area contributed by atoms with Gasteiger partial charge in [-0.15, -0.1) is 35.9 Å². The number of rotatable bonds is 10. The monoisotopic (exact) mass is 631 g/mol. The smallest absolute Gasteiger partial charge is 0.213 e. The molecule has 4 rings (SSSR count). The van der Waals surface area contributed by atoms with Crippen LogP contribution in [0.5, 0.6) is 5.88 Å². The van der Waals surface area contributed by atoms with Crippen LogP contribution in [0.25, 0.3) is 28.2 Å². The molecule has 5 heteroatoms. The van der Waals surface area contributed by atoms with Gasteiger partial charge >= 0.3 is 0 Å². The SMILES string of the molecule is CCCCC(CC)COc1ccc(-c2ccc(-n3ccnc3-c3[c-]cccc3)cc2)c(C)n1.[Ir]. The fourth-order valence-corrected chi connectivity index (χ4v) is 4.07. The normalized spacial score (nSPS) is 11.6. The van der Waals surface area contributed by atoms with Crippen molar-refractivity contribution >= 4 is 0 Å². The Morgan fingerprint density at radius 2 is 1.85 bits per heavy atom. The summed E-state index contributed by atoms with van der Waals surface area (Å²) in [6.45, 7) is 7.26. The molecule has 0 N–H and O–H groups in total. The van der Waals surface area contributed by atoms with Gasteiger partial charge in [-0.3, -0.25) is 4.98 Å². The van der Waals surface area contributed by atoms with Gasteiger partial charge in [0.2, 0.25) is 5.88 Å². The van der Waals surface area contributed by atoms with E-state index in [2.05, 4.69) is 59.8 Å². The van der Waals surface area contributed by atoms with E-state index in [9.17, 15) is 0 Å². The molecule has 1 unspecified atom stereocenters. The third kappa shape index (κ3) is 6.22. The third-order valence-corrected chi connectivity index (χ3v) is 6.12. The van der Waals surface area contributed by atoms with E-state index in [0.717, 1.165) is 46.9 Å². The van der Waals surface area contributed by atoms with Crippen LogP contribution < -0.4 is 4.74 Å². The van der Waals surface area contributed by atoms with Crippen molar-refractivity contribution in [3.05, 3.63) is 84.8 Å². The summed E-state index contributed by atoms with van der Waals surface area (Å²) in [5, 5.41) is 0. The van der Waals surface area contributed by atoms with Crippen molar-refractivity contribution in [2.75, 3.05) is 6.61 Å². The van der Waals surface area contributed by atoms with Gasteiger partial charge in [0.1, 0.15) is 0 Å². The van der Waals surface area contributed by atoms with E-state index in [1.54, 1.807) is 0 Å². The van der Waals surface area contributed by atoms with Gasteiger partial charge in [-0.2, -0.15) is 0 Å². The van der Waals surface area contributed by atoms with Crippen molar-refractivity contribution in [2.24, 2.45) is 5.92 Å². The Morgan fingerprint density at radius 1 is 1.03 bits per heavy atom. The minimum atomic E-state index is 0. The number of pyridine rings is 1. The second-order valence-electron chi connectivity index (χ2n) is 8.45. The number of nitrogens with zero attached hydrogens (tertiary/aromatic N) is 3. The first-order chi connectivity index (χ1) is 16.2. The van der Waals surface area contributed by atoms with Crippen LogP contribution in [0.4, 0.5) is 0 Å². The number of unbranched alkanes of at least 4 members (excludes halogenated alkanes) is 1. The number of ether oxygens (including phenoxy) is 1. The first kappa shape index (κ1) is 25.9. The average Bonchev–Trinajstić information content (AvgIpc) is 3.35. The Hall–Kier alpha value is -2.75. The van der Waals surface area contributed by atoms with Gasteiger partial charge in [-0.1, -0.05) is 45.2 Å². The maximum atomic E-state index is 6.03. The molecule has 4 nitrogen and oxygen atoms in total. The average molecular weight is 631 g/mol. The Bertz CT molecular complexity index is 1160. The van der Waals surface area contributed by atoms with E-state index >= 15 is 0 Å². The Balaban J connectivity index is 0.00000324. The van der Waals surface area contributed by atoms with Crippen molar-refractivity contribution in [3.63, 3.8) is 0 Å². The molecule has 0 spiro atoms. The number of benzene rings is 2. The van der Waals surface area contributed by atoms with Crippen LogP contribution in [0.15, 0.2) is 73.1 Å². The minimum Gasteiger partial charge on any atom is -0.477 e. The van der Waals surface area contributed by atoms with Crippen molar-refractivity contribution < 1.29 is 24.8 Å². The predicted octanol–water partition coefficient (Wildman–Crippen LogP) is 7.30. The molecule has 0 amide bonds. The Morgan fingerprint density at radius 3 is 2.53 bits per heavy atom.